The van der Waals surface area contributed by atoms with Gasteiger partial charge in [-0.25, -0.2) is 0 Å². The van der Waals surface area contributed by atoms with E-state index >= 15 is 0 Å². The molecule has 0 saturated carbocycles. The van der Waals surface area contributed by atoms with E-state index in [0.29, 0.717) is 29.4 Å². The third kappa shape index (κ3) is 6.06. The number of nitriles is 1. The summed E-state index contributed by atoms with van der Waals surface area (Å²) in [5.41, 5.74) is 0.974. The van der Waals surface area contributed by atoms with Crippen LogP contribution in [0, 0.1) is 11.3 Å². The predicted molar refractivity (Wildman–Crippen MR) is 108 cm³/mol. The number of hydrogen-bond acceptors (Lipinski definition) is 5. The Bertz CT molecular complexity index is 884. The van der Waals surface area contributed by atoms with E-state index < -0.39 is 5.91 Å². The monoisotopic (exact) mass is 380 g/mol. The Hall–Kier alpha value is -3.46. The maximum atomic E-state index is 12.3. The van der Waals surface area contributed by atoms with Gasteiger partial charge < -0.3 is 19.9 Å². The maximum Gasteiger partial charge on any atom is 0.266 e. The lowest BCUT2D eigenvalue weighted by molar-refractivity contribution is -0.112. The number of hydrogen-bond donors (Lipinski definition) is 2. The number of phenols is 1. The SMILES string of the molecule is CCCCCOc1ccc(/C=C(/C#N)C(=O)Nc2cccc(O)c2)cc1OC. The Morgan fingerprint density at radius 1 is 1.21 bits per heavy atom. The second-order valence-corrected chi connectivity index (χ2v) is 6.14. The van der Waals surface area contributed by atoms with Gasteiger partial charge in [0.15, 0.2) is 11.5 Å². The molecule has 0 saturated heterocycles. The Kier molecular flexibility index (Phi) is 7.92. The summed E-state index contributed by atoms with van der Waals surface area (Å²) in [5.74, 6) is 0.626. The van der Waals surface area contributed by atoms with Crippen molar-refractivity contribution in [1.29, 1.82) is 5.26 Å². The fourth-order valence-electron chi connectivity index (χ4n) is 2.52. The molecule has 0 aliphatic rings. The van der Waals surface area contributed by atoms with Gasteiger partial charge in [-0.1, -0.05) is 31.9 Å². The lowest BCUT2D eigenvalue weighted by Crippen LogP contribution is -2.13. The fourth-order valence-corrected chi connectivity index (χ4v) is 2.52. The molecule has 1 amide bonds. The molecular formula is C22H24N2O4. The number of carbonyl (C=O) groups excluding carboxylic acids is 1. The molecule has 0 spiro atoms. The van der Waals surface area contributed by atoms with Crippen LogP contribution in [0.2, 0.25) is 0 Å². The molecule has 2 rings (SSSR count). The molecule has 0 atom stereocenters. The molecule has 2 aromatic rings. The van der Waals surface area contributed by atoms with Crippen molar-refractivity contribution in [2.75, 3.05) is 19.0 Å². The van der Waals surface area contributed by atoms with Crippen LogP contribution in [0.15, 0.2) is 48.0 Å². The van der Waals surface area contributed by atoms with Gasteiger partial charge in [0.1, 0.15) is 17.4 Å². The molecule has 2 N–H and O–H groups in total. The summed E-state index contributed by atoms with van der Waals surface area (Å²) in [6.07, 6.45) is 4.66. The predicted octanol–water partition coefficient (Wildman–Crippen LogP) is 4.52. The standard InChI is InChI=1S/C22H24N2O4/c1-3-4-5-11-28-20-10-9-16(13-21(20)27-2)12-17(15-23)22(26)24-18-7-6-8-19(25)14-18/h6-10,12-14,25H,3-5,11H2,1-2H3,(H,24,26)/b17-12-. The Morgan fingerprint density at radius 2 is 2.04 bits per heavy atom. The number of nitrogens with zero attached hydrogens (tertiary/aromatic N) is 1. The maximum absolute atomic E-state index is 12.3. The Balaban J connectivity index is 2.14. The second-order valence-electron chi connectivity index (χ2n) is 6.14. The number of amides is 1. The molecule has 28 heavy (non-hydrogen) atoms. The number of nitrogens with one attached hydrogen (secondary N) is 1. The van der Waals surface area contributed by atoms with E-state index in [1.165, 1.54) is 18.2 Å². The van der Waals surface area contributed by atoms with Gasteiger partial charge in [0.05, 0.1) is 13.7 Å². The molecule has 6 heteroatoms. The number of benzene rings is 2. The van der Waals surface area contributed by atoms with Crippen LogP contribution in [-0.2, 0) is 4.79 Å². The van der Waals surface area contributed by atoms with Crippen LogP contribution in [0.25, 0.3) is 6.08 Å². The third-order valence-corrected chi connectivity index (χ3v) is 3.97. The van der Waals surface area contributed by atoms with E-state index in [4.69, 9.17) is 9.47 Å². The molecule has 146 valence electrons. The third-order valence-electron chi connectivity index (χ3n) is 3.97. The normalized spacial score (nSPS) is 10.8. The van der Waals surface area contributed by atoms with E-state index in [0.717, 1.165) is 19.3 Å². The number of methoxy groups -OCH3 is 1. The molecule has 0 heterocycles. The highest BCUT2D eigenvalue weighted by Crippen LogP contribution is 2.29. The number of unbranched alkanes of at least 4 members (excludes halogenated alkanes) is 2. The van der Waals surface area contributed by atoms with E-state index in [2.05, 4.69) is 12.2 Å². The molecule has 0 aliphatic carbocycles. The van der Waals surface area contributed by atoms with Crippen molar-refractivity contribution in [2.24, 2.45) is 0 Å². The van der Waals surface area contributed by atoms with Gasteiger partial charge in [0.2, 0.25) is 0 Å². The van der Waals surface area contributed by atoms with Crippen LogP contribution >= 0.6 is 0 Å². The number of phenolic OH excluding ortho intramolecular Hbond substituents is 1. The molecular weight excluding hydrogens is 356 g/mol. The molecule has 0 aliphatic heterocycles. The van der Waals surface area contributed by atoms with E-state index in [1.54, 1.807) is 37.4 Å². The number of anilines is 1. The molecule has 0 bridgehead atoms. The summed E-state index contributed by atoms with van der Waals surface area (Å²) >= 11 is 0. The van der Waals surface area contributed by atoms with E-state index in [1.807, 2.05) is 6.07 Å². The van der Waals surface area contributed by atoms with Crippen molar-refractivity contribution < 1.29 is 19.4 Å². The minimum absolute atomic E-state index is 0.0274. The quantitative estimate of drug-likeness (QED) is 0.379. The van der Waals surface area contributed by atoms with Crippen molar-refractivity contribution in [3.05, 3.63) is 53.6 Å². The molecule has 0 fully saturated rings. The van der Waals surface area contributed by atoms with E-state index in [9.17, 15) is 15.2 Å². The van der Waals surface area contributed by atoms with Gasteiger partial charge in [-0.2, -0.15) is 5.26 Å². The zero-order valence-corrected chi connectivity index (χ0v) is 16.1. The number of rotatable bonds is 9. The highest BCUT2D eigenvalue weighted by Gasteiger charge is 2.11. The zero-order valence-electron chi connectivity index (χ0n) is 16.1. The van der Waals surface area contributed by atoms with Crippen molar-refractivity contribution in [2.45, 2.75) is 26.2 Å². The zero-order chi connectivity index (χ0) is 20.4. The van der Waals surface area contributed by atoms with Crippen molar-refractivity contribution in [3.8, 4) is 23.3 Å². The number of carbonyl (C=O) groups is 1. The van der Waals surface area contributed by atoms with Crippen molar-refractivity contribution in [3.63, 3.8) is 0 Å². The van der Waals surface area contributed by atoms with Crippen LogP contribution in [0.4, 0.5) is 5.69 Å². The summed E-state index contributed by atoms with van der Waals surface area (Å²) in [5, 5.41) is 21.4. The topological polar surface area (TPSA) is 91.6 Å². The number of ether oxygens (including phenoxy) is 2. The Labute approximate surface area is 165 Å². The summed E-state index contributed by atoms with van der Waals surface area (Å²) < 4.78 is 11.1. The molecule has 0 aromatic heterocycles. The van der Waals surface area contributed by atoms with Gasteiger partial charge in [0.25, 0.3) is 5.91 Å². The summed E-state index contributed by atoms with van der Waals surface area (Å²) in [4.78, 5) is 12.3. The van der Waals surface area contributed by atoms with E-state index in [-0.39, 0.29) is 11.3 Å². The summed E-state index contributed by atoms with van der Waals surface area (Å²) in [7, 11) is 1.54. The van der Waals surface area contributed by atoms with Crippen molar-refractivity contribution in [1.82, 2.24) is 0 Å². The van der Waals surface area contributed by atoms with Crippen molar-refractivity contribution >= 4 is 17.7 Å². The van der Waals surface area contributed by atoms with Gasteiger partial charge in [-0.3, -0.25) is 4.79 Å². The molecule has 0 radical (unpaired) electrons. The largest absolute Gasteiger partial charge is 0.508 e. The Morgan fingerprint density at radius 3 is 2.71 bits per heavy atom. The first kappa shape index (κ1) is 20.8. The minimum atomic E-state index is -0.563. The molecule has 2 aromatic carbocycles. The van der Waals surface area contributed by atoms with Crippen LogP contribution in [-0.4, -0.2) is 24.7 Å². The highest BCUT2D eigenvalue weighted by molar-refractivity contribution is 6.09. The first-order valence-corrected chi connectivity index (χ1v) is 9.10. The summed E-state index contributed by atoms with van der Waals surface area (Å²) in [6.45, 7) is 2.74. The average Bonchev–Trinajstić information content (AvgIpc) is 2.69. The molecule has 0 unspecified atom stereocenters. The van der Waals surface area contributed by atoms with Gasteiger partial charge in [-0.15, -0.1) is 0 Å². The van der Waals surface area contributed by atoms with Gasteiger partial charge in [-0.05, 0) is 42.3 Å². The summed E-state index contributed by atoms with van der Waals surface area (Å²) in [6, 6.07) is 13.3. The van der Waals surface area contributed by atoms with Crippen LogP contribution in [0.3, 0.4) is 0 Å². The van der Waals surface area contributed by atoms with Crippen LogP contribution in [0.1, 0.15) is 31.7 Å². The van der Waals surface area contributed by atoms with Crippen LogP contribution < -0.4 is 14.8 Å². The second kappa shape index (κ2) is 10.6. The lowest BCUT2D eigenvalue weighted by atomic mass is 10.1. The molecule has 6 nitrogen and oxygen atoms in total. The van der Waals surface area contributed by atoms with Gasteiger partial charge in [0, 0.05) is 11.8 Å². The van der Waals surface area contributed by atoms with Gasteiger partial charge >= 0.3 is 0 Å². The first-order valence-electron chi connectivity index (χ1n) is 9.10. The highest BCUT2D eigenvalue weighted by atomic mass is 16.5. The number of aromatic hydroxyl groups is 1. The first-order chi connectivity index (χ1) is 13.6. The lowest BCUT2D eigenvalue weighted by Gasteiger charge is -2.11. The average molecular weight is 380 g/mol. The smallest absolute Gasteiger partial charge is 0.266 e. The van der Waals surface area contributed by atoms with Crippen LogP contribution in [0.5, 0.6) is 17.2 Å². The fraction of sp³-hybridized carbons (Fsp3) is 0.273. The minimum Gasteiger partial charge on any atom is -0.508 e.